The Balaban J connectivity index is 3.47. The molecule has 0 spiro atoms. The van der Waals surface area contributed by atoms with Crippen LogP contribution in [-0.4, -0.2) is 24.9 Å². The average molecular weight is 256 g/mol. The number of hydrogen-bond donors (Lipinski definition) is 2. The fourth-order valence-corrected chi connectivity index (χ4v) is 1.57. The van der Waals surface area contributed by atoms with Gasteiger partial charge in [-0.25, -0.2) is 0 Å². The molecule has 0 rings (SSSR count). The molecule has 0 saturated heterocycles. The predicted octanol–water partition coefficient (Wildman–Crippen LogP) is 2.24. The van der Waals surface area contributed by atoms with E-state index < -0.39 is 11.8 Å². The summed E-state index contributed by atoms with van der Waals surface area (Å²) in [7, 11) is 0. The van der Waals surface area contributed by atoms with Crippen LogP contribution < -0.4 is 10.6 Å². The average Bonchev–Trinajstić information content (AvgIpc) is 2.32. The van der Waals surface area contributed by atoms with Crippen LogP contribution in [0.4, 0.5) is 0 Å². The van der Waals surface area contributed by atoms with Crippen LogP contribution in [0, 0.1) is 5.92 Å². The van der Waals surface area contributed by atoms with Gasteiger partial charge < -0.3 is 10.6 Å². The third-order valence-electron chi connectivity index (χ3n) is 2.78. The summed E-state index contributed by atoms with van der Waals surface area (Å²) in [6, 6.07) is 0. The molecule has 0 aliphatic carbocycles. The normalized spacial score (nSPS) is 10.4. The summed E-state index contributed by atoms with van der Waals surface area (Å²) in [6.45, 7) is 7.51. The highest BCUT2D eigenvalue weighted by atomic mass is 16.2. The van der Waals surface area contributed by atoms with Crippen molar-refractivity contribution in [3.63, 3.8) is 0 Å². The Morgan fingerprint density at radius 2 is 1.44 bits per heavy atom. The SMILES string of the molecule is CCCCCCCNC(=O)C(=O)NCCC(C)C. The van der Waals surface area contributed by atoms with Crippen LogP contribution in [0.2, 0.25) is 0 Å². The van der Waals surface area contributed by atoms with E-state index in [0.29, 0.717) is 19.0 Å². The highest BCUT2D eigenvalue weighted by Gasteiger charge is 2.11. The Kier molecular flexibility index (Phi) is 10.4. The fourth-order valence-electron chi connectivity index (χ4n) is 1.57. The van der Waals surface area contributed by atoms with Crippen LogP contribution >= 0.6 is 0 Å². The molecule has 2 amide bonds. The Hall–Kier alpha value is -1.06. The number of amides is 2. The van der Waals surface area contributed by atoms with Crippen LogP contribution in [0.15, 0.2) is 0 Å². The lowest BCUT2D eigenvalue weighted by molar-refractivity contribution is -0.139. The summed E-state index contributed by atoms with van der Waals surface area (Å²) in [6.07, 6.45) is 6.62. The minimum absolute atomic E-state index is 0.505. The maximum absolute atomic E-state index is 11.4. The van der Waals surface area contributed by atoms with E-state index in [1.54, 1.807) is 0 Å². The molecule has 0 atom stereocenters. The minimum Gasteiger partial charge on any atom is -0.348 e. The molecule has 0 aromatic carbocycles. The molecule has 2 N–H and O–H groups in total. The smallest absolute Gasteiger partial charge is 0.309 e. The summed E-state index contributed by atoms with van der Waals surface area (Å²) >= 11 is 0. The number of hydrogen-bond acceptors (Lipinski definition) is 2. The second-order valence-corrected chi connectivity index (χ2v) is 5.11. The van der Waals surface area contributed by atoms with E-state index in [-0.39, 0.29) is 0 Å². The van der Waals surface area contributed by atoms with Crippen molar-refractivity contribution < 1.29 is 9.59 Å². The molecule has 0 fully saturated rings. The zero-order valence-corrected chi connectivity index (χ0v) is 12.1. The van der Waals surface area contributed by atoms with Gasteiger partial charge in [-0.15, -0.1) is 0 Å². The first-order valence-corrected chi connectivity index (χ1v) is 7.14. The molecule has 4 nitrogen and oxygen atoms in total. The first-order valence-electron chi connectivity index (χ1n) is 7.14. The van der Waals surface area contributed by atoms with Gasteiger partial charge in [-0.1, -0.05) is 46.5 Å². The van der Waals surface area contributed by atoms with Gasteiger partial charge in [0.05, 0.1) is 0 Å². The van der Waals surface area contributed by atoms with E-state index in [4.69, 9.17) is 0 Å². The molecule has 0 aliphatic rings. The zero-order chi connectivity index (χ0) is 13.8. The molecular weight excluding hydrogens is 228 g/mol. The Morgan fingerprint density at radius 3 is 2.00 bits per heavy atom. The molecule has 0 unspecified atom stereocenters. The number of unbranched alkanes of at least 4 members (excludes halogenated alkanes) is 4. The van der Waals surface area contributed by atoms with Gasteiger partial charge in [0.25, 0.3) is 0 Å². The molecule has 18 heavy (non-hydrogen) atoms. The lowest BCUT2D eigenvalue weighted by atomic mass is 10.1. The molecule has 0 aromatic rings. The quantitative estimate of drug-likeness (QED) is 0.491. The van der Waals surface area contributed by atoms with Crippen molar-refractivity contribution in [1.29, 1.82) is 0 Å². The van der Waals surface area contributed by atoms with Gasteiger partial charge in [0.15, 0.2) is 0 Å². The highest BCUT2D eigenvalue weighted by Crippen LogP contribution is 2.01. The number of rotatable bonds is 9. The fraction of sp³-hybridized carbons (Fsp3) is 0.857. The monoisotopic (exact) mass is 256 g/mol. The molecule has 0 radical (unpaired) electrons. The standard InChI is InChI=1S/C14H28N2O2/c1-4-5-6-7-8-10-15-13(17)14(18)16-11-9-12(2)3/h12H,4-11H2,1-3H3,(H,15,17)(H,16,18). The van der Waals surface area contributed by atoms with Gasteiger partial charge in [0.1, 0.15) is 0 Å². The van der Waals surface area contributed by atoms with E-state index in [0.717, 1.165) is 19.3 Å². The second-order valence-electron chi connectivity index (χ2n) is 5.11. The highest BCUT2D eigenvalue weighted by molar-refractivity contribution is 6.35. The van der Waals surface area contributed by atoms with Crippen molar-refractivity contribution in [2.75, 3.05) is 13.1 Å². The molecule has 0 bridgehead atoms. The topological polar surface area (TPSA) is 58.2 Å². The third-order valence-corrected chi connectivity index (χ3v) is 2.78. The van der Waals surface area contributed by atoms with Gasteiger partial charge in [-0.2, -0.15) is 0 Å². The number of nitrogens with one attached hydrogen (secondary N) is 2. The van der Waals surface area contributed by atoms with Crippen LogP contribution in [0.1, 0.15) is 59.3 Å². The molecule has 0 heterocycles. The van der Waals surface area contributed by atoms with Gasteiger partial charge in [0, 0.05) is 13.1 Å². The van der Waals surface area contributed by atoms with Crippen molar-refractivity contribution in [3.8, 4) is 0 Å². The zero-order valence-electron chi connectivity index (χ0n) is 12.1. The first kappa shape index (κ1) is 16.9. The van der Waals surface area contributed by atoms with Crippen molar-refractivity contribution >= 4 is 11.8 Å². The molecule has 0 aromatic heterocycles. The van der Waals surface area contributed by atoms with Crippen LogP contribution in [-0.2, 0) is 9.59 Å². The molecule has 0 aliphatic heterocycles. The van der Waals surface area contributed by atoms with E-state index in [9.17, 15) is 9.59 Å². The van der Waals surface area contributed by atoms with Gasteiger partial charge in [0.2, 0.25) is 0 Å². The second kappa shape index (κ2) is 11.1. The van der Waals surface area contributed by atoms with Crippen molar-refractivity contribution in [2.45, 2.75) is 59.3 Å². The lowest BCUT2D eigenvalue weighted by Crippen LogP contribution is -2.40. The number of carbonyl (C=O) groups is 2. The third kappa shape index (κ3) is 10.1. The van der Waals surface area contributed by atoms with Gasteiger partial charge >= 0.3 is 11.8 Å². The van der Waals surface area contributed by atoms with Crippen molar-refractivity contribution in [3.05, 3.63) is 0 Å². The summed E-state index contributed by atoms with van der Waals surface area (Å²) in [4.78, 5) is 22.8. The molecule has 4 heteroatoms. The van der Waals surface area contributed by atoms with E-state index in [1.807, 2.05) is 0 Å². The molecular formula is C14H28N2O2. The van der Waals surface area contributed by atoms with E-state index in [1.165, 1.54) is 19.3 Å². The van der Waals surface area contributed by atoms with Crippen molar-refractivity contribution in [2.24, 2.45) is 5.92 Å². The van der Waals surface area contributed by atoms with E-state index in [2.05, 4.69) is 31.4 Å². The Bertz CT molecular complexity index is 240. The predicted molar refractivity (Wildman–Crippen MR) is 74.2 cm³/mol. The van der Waals surface area contributed by atoms with Crippen LogP contribution in [0.3, 0.4) is 0 Å². The first-order chi connectivity index (χ1) is 8.57. The van der Waals surface area contributed by atoms with Crippen molar-refractivity contribution in [1.82, 2.24) is 10.6 Å². The van der Waals surface area contributed by atoms with Gasteiger partial charge in [-0.05, 0) is 18.8 Å². The minimum atomic E-state index is -0.510. The molecule has 106 valence electrons. The Morgan fingerprint density at radius 1 is 0.889 bits per heavy atom. The summed E-state index contributed by atoms with van der Waals surface area (Å²) in [5.41, 5.74) is 0. The van der Waals surface area contributed by atoms with Gasteiger partial charge in [-0.3, -0.25) is 9.59 Å². The number of carbonyl (C=O) groups excluding carboxylic acids is 2. The Labute approximate surface area is 111 Å². The lowest BCUT2D eigenvalue weighted by Gasteiger charge is -2.07. The largest absolute Gasteiger partial charge is 0.348 e. The summed E-state index contributed by atoms with van der Waals surface area (Å²) in [5.74, 6) is -0.481. The summed E-state index contributed by atoms with van der Waals surface area (Å²) in [5, 5.41) is 5.27. The maximum Gasteiger partial charge on any atom is 0.309 e. The van der Waals surface area contributed by atoms with Crippen LogP contribution in [0.25, 0.3) is 0 Å². The summed E-state index contributed by atoms with van der Waals surface area (Å²) < 4.78 is 0. The van der Waals surface area contributed by atoms with Crippen LogP contribution in [0.5, 0.6) is 0 Å². The molecule has 0 saturated carbocycles. The van der Waals surface area contributed by atoms with E-state index >= 15 is 0 Å². The maximum atomic E-state index is 11.4.